The second kappa shape index (κ2) is 6.42. The first kappa shape index (κ1) is 15.6. The van der Waals surface area contributed by atoms with Crippen LogP contribution < -0.4 is 5.56 Å². The number of H-pyrrole nitrogens is 1. The van der Waals surface area contributed by atoms with Gasteiger partial charge in [-0.15, -0.1) is 0 Å². The van der Waals surface area contributed by atoms with Crippen molar-refractivity contribution in [3.63, 3.8) is 0 Å². The lowest BCUT2D eigenvalue weighted by molar-refractivity contribution is 0.159. The lowest BCUT2D eigenvalue weighted by Gasteiger charge is -2.30. The number of hydrogen-bond donors (Lipinski definition) is 1. The number of nitrogens with zero attached hydrogens (tertiary/aromatic N) is 4. The number of likely N-dealkylation sites (N-methyl/N-ethyl adjacent to an activating group) is 1. The molecule has 1 N–H and O–H groups in total. The van der Waals surface area contributed by atoms with E-state index in [2.05, 4.69) is 22.1 Å². The summed E-state index contributed by atoms with van der Waals surface area (Å²) in [6.45, 7) is 7.60. The highest BCUT2D eigenvalue weighted by Gasteiger charge is 2.17. The van der Waals surface area contributed by atoms with Crippen LogP contribution in [0, 0.1) is 6.92 Å². The van der Waals surface area contributed by atoms with Crippen molar-refractivity contribution >= 4 is 5.71 Å². The molecule has 1 aliphatic rings. The van der Waals surface area contributed by atoms with Gasteiger partial charge in [-0.05, 0) is 33.0 Å². The van der Waals surface area contributed by atoms with E-state index in [4.69, 9.17) is 0 Å². The minimum Gasteiger partial charge on any atom is -0.303 e. The number of nitrogens with one attached hydrogen (secondary N) is 1. The third kappa shape index (κ3) is 3.22. The van der Waals surface area contributed by atoms with E-state index in [0.717, 1.165) is 43.3 Å². The fourth-order valence-corrected chi connectivity index (χ4v) is 2.89. The monoisotopic (exact) mass is 313 g/mol. The normalized spacial score (nSPS) is 16.8. The molecule has 2 heterocycles. The minimum atomic E-state index is -0.0518. The molecule has 122 valence electrons. The molecule has 1 aromatic carbocycles. The summed E-state index contributed by atoms with van der Waals surface area (Å²) < 4.78 is 1.58. The van der Waals surface area contributed by atoms with Crippen molar-refractivity contribution in [2.24, 2.45) is 5.10 Å². The molecule has 2 aromatic rings. The van der Waals surface area contributed by atoms with Crippen LogP contribution in [0.1, 0.15) is 18.2 Å². The maximum Gasteiger partial charge on any atom is 0.280 e. The van der Waals surface area contributed by atoms with Crippen molar-refractivity contribution in [2.75, 3.05) is 33.2 Å². The average molecular weight is 313 g/mol. The van der Waals surface area contributed by atoms with Gasteiger partial charge in [0.1, 0.15) is 0 Å². The van der Waals surface area contributed by atoms with Crippen molar-refractivity contribution in [2.45, 2.75) is 13.8 Å². The number of aromatic amines is 1. The van der Waals surface area contributed by atoms with Crippen LogP contribution in [0.25, 0.3) is 5.69 Å². The highest BCUT2D eigenvalue weighted by molar-refractivity contribution is 5.99. The molecule has 23 heavy (non-hydrogen) atoms. The maximum atomic E-state index is 12.7. The molecule has 0 aliphatic carbocycles. The molecule has 0 saturated carbocycles. The van der Waals surface area contributed by atoms with Crippen molar-refractivity contribution in [3.8, 4) is 5.69 Å². The summed E-state index contributed by atoms with van der Waals surface area (Å²) >= 11 is 0. The second-order valence-corrected chi connectivity index (χ2v) is 6.03. The summed E-state index contributed by atoms with van der Waals surface area (Å²) in [4.78, 5) is 15.0. The molecule has 6 nitrogen and oxygen atoms in total. The van der Waals surface area contributed by atoms with Gasteiger partial charge in [-0.3, -0.25) is 14.9 Å². The van der Waals surface area contributed by atoms with E-state index in [1.54, 1.807) is 4.68 Å². The Kier molecular flexibility index (Phi) is 4.34. The number of benzene rings is 1. The second-order valence-electron chi connectivity index (χ2n) is 6.03. The minimum absolute atomic E-state index is 0.0518. The summed E-state index contributed by atoms with van der Waals surface area (Å²) in [6.07, 6.45) is 0. The number of hydrazone groups is 1. The Labute approximate surface area is 136 Å². The van der Waals surface area contributed by atoms with E-state index in [-0.39, 0.29) is 5.56 Å². The summed E-state index contributed by atoms with van der Waals surface area (Å²) in [6, 6.07) is 9.60. The van der Waals surface area contributed by atoms with Crippen molar-refractivity contribution in [1.29, 1.82) is 0 Å². The van der Waals surface area contributed by atoms with E-state index in [1.807, 2.05) is 49.2 Å². The topological polar surface area (TPSA) is 56.6 Å². The number of piperazine rings is 1. The summed E-state index contributed by atoms with van der Waals surface area (Å²) in [5.41, 5.74) is 3.05. The molecule has 0 atom stereocenters. The highest BCUT2D eigenvalue weighted by atomic mass is 16.1. The fraction of sp³-hybridized carbons (Fsp3) is 0.412. The van der Waals surface area contributed by atoms with E-state index in [1.165, 1.54) is 0 Å². The molecular formula is C17H23N5O. The molecule has 6 heteroatoms. The zero-order valence-corrected chi connectivity index (χ0v) is 13.9. The average Bonchev–Trinajstić information content (AvgIpc) is 2.85. The fourth-order valence-electron chi connectivity index (χ4n) is 2.89. The van der Waals surface area contributed by atoms with Crippen LogP contribution in [0.4, 0.5) is 0 Å². The van der Waals surface area contributed by atoms with Crippen LogP contribution in [0.2, 0.25) is 0 Å². The number of aromatic nitrogens is 2. The maximum absolute atomic E-state index is 12.7. The predicted octanol–water partition coefficient (Wildman–Crippen LogP) is 1.45. The van der Waals surface area contributed by atoms with Crippen molar-refractivity contribution in [1.82, 2.24) is 19.7 Å². The molecular weight excluding hydrogens is 290 g/mol. The molecule has 0 amide bonds. The highest BCUT2D eigenvalue weighted by Crippen LogP contribution is 2.09. The van der Waals surface area contributed by atoms with Crippen LogP contribution in [0.5, 0.6) is 0 Å². The van der Waals surface area contributed by atoms with Gasteiger partial charge in [-0.1, -0.05) is 18.2 Å². The Hall–Kier alpha value is -2.34. The molecule has 0 bridgehead atoms. The Balaban J connectivity index is 1.91. The largest absolute Gasteiger partial charge is 0.303 e. The first-order valence-corrected chi connectivity index (χ1v) is 7.92. The van der Waals surface area contributed by atoms with E-state index in [9.17, 15) is 4.79 Å². The van der Waals surface area contributed by atoms with Gasteiger partial charge in [0, 0.05) is 31.9 Å². The molecule has 0 spiro atoms. The number of aryl methyl sites for hydroxylation is 1. The molecule has 1 aromatic heterocycles. The van der Waals surface area contributed by atoms with Gasteiger partial charge < -0.3 is 4.90 Å². The van der Waals surface area contributed by atoms with Crippen LogP contribution in [-0.4, -0.2) is 58.6 Å². The number of para-hydroxylation sites is 1. The first-order chi connectivity index (χ1) is 11.1. The molecule has 1 fully saturated rings. The SMILES string of the molecule is C/C(=N\N1CCN(C)CC1)c1c(C)[nH]n(-c2ccccc2)c1=O. The Bertz CT molecular complexity index is 751. The van der Waals surface area contributed by atoms with Gasteiger partial charge in [0.15, 0.2) is 0 Å². The third-order valence-electron chi connectivity index (χ3n) is 4.22. The lowest BCUT2D eigenvalue weighted by atomic mass is 10.2. The zero-order chi connectivity index (χ0) is 16.4. The van der Waals surface area contributed by atoms with Crippen LogP contribution in [0.3, 0.4) is 0 Å². The predicted molar refractivity (Wildman–Crippen MR) is 92.4 cm³/mol. The smallest absolute Gasteiger partial charge is 0.280 e. The Morgan fingerprint density at radius 3 is 2.43 bits per heavy atom. The molecule has 1 aliphatic heterocycles. The zero-order valence-electron chi connectivity index (χ0n) is 13.9. The summed E-state index contributed by atoms with van der Waals surface area (Å²) in [5, 5.41) is 9.86. The summed E-state index contributed by atoms with van der Waals surface area (Å²) in [7, 11) is 2.11. The standard InChI is InChI=1S/C17H23N5O/c1-13(18-21-11-9-20(3)10-12-21)16-14(2)19-22(17(16)23)15-7-5-4-6-8-15/h4-8,19H,9-12H2,1-3H3/b18-13+. The van der Waals surface area contributed by atoms with Crippen LogP contribution >= 0.6 is 0 Å². The van der Waals surface area contributed by atoms with Gasteiger partial charge in [0.25, 0.3) is 5.56 Å². The van der Waals surface area contributed by atoms with Crippen molar-refractivity contribution in [3.05, 3.63) is 51.9 Å². The lowest BCUT2D eigenvalue weighted by Crippen LogP contribution is -2.42. The molecule has 0 unspecified atom stereocenters. The number of rotatable bonds is 3. The van der Waals surface area contributed by atoms with Crippen molar-refractivity contribution < 1.29 is 0 Å². The summed E-state index contributed by atoms with van der Waals surface area (Å²) in [5.74, 6) is 0. The molecule has 0 radical (unpaired) electrons. The third-order valence-corrected chi connectivity index (χ3v) is 4.22. The quantitative estimate of drug-likeness (QED) is 0.873. The van der Waals surface area contributed by atoms with Crippen LogP contribution in [-0.2, 0) is 0 Å². The van der Waals surface area contributed by atoms with E-state index >= 15 is 0 Å². The number of hydrogen-bond acceptors (Lipinski definition) is 4. The van der Waals surface area contributed by atoms with Gasteiger partial charge >= 0.3 is 0 Å². The Morgan fingerprint density at radius 1 is 1.13 bits per heavy atom. The Morgan fingerprint density at radius 2 is 1.78 bits per heavy atom. The molecule has 3 rings (SSSR count). The van der Waals surface area contributed by atoms with Gasteiger partial charge in [-0.2, -0.15) is 5.10 Å². The van der Waals surface area contributed by atoms with Gasteiger partial charge in [-0.25, -0.2) is 4.68 Å². The van der Waals surface area contributed by atoms with E-state index < -0.39 is 0 Å². The molecule has 1 saturated heterocycles. The first-order valence-electron chi connectivity index (χ1n) is 7.92. The van der Waals surface area contributed by atoms with E-state index in [0.29, 0.717) is 5.56 Å². The van der Waals surface area contributed by atoms with Gasteiger partial charge in [0.2, 0.25) is 0 Å². The van der Waals surface area contributed by atoms with Crippen LogP contribution in [0.15, 0.2) is 40.2 Å². The van der Waals surface area contributed by atoms with Gasteiger partial charge in [0.05, 0.1) is 17.0 Å².